The summed E-state index contributed by atoms with van der Waals surface area (Å²) >= 11 is 0. The highest BCUT2D eigenvalue weighted by atomic mass is 16.5. The lowest BCUT2D eigenvalue weighted by atomic mass is 9.93. The summed E-state index contributed by atoms with van der Waals surface area (Å²) in [6, 6.07) is 25.1. The Morgan fingerprint density at radius 1 is 0.833 bits per heavy atom. The molecule has 30 heavy (non-hydrogen) atoms. The van der Waals surface area contributed by atoms with Gasteiger partial charge in [0.25, 0.3) is 0 Å². The summed E-state index contributed by atoms with van der Waals surface area (Å²) in [5.74, 6) is 0.918. The van der Waals surface area contributed by atoms with E-state index < -0.39 is 0 Å². The summed E-state index contributed by atoms with van der Waals surface area (Å²) in [7, 11) is 3.16. The number of hydrogen-bond donors (Lipinski definition) is 0. The van der Waals surface area contributed by atoms with Crippen LogP contribution in [0.4, 0.5) is 0 Å². The number of carbonyl (C=O) groups excluding carboxylic acids is 1. The van der Waals surface area contributed by atoms with E-state index in [1.807, 2.05) is 78.9 Å². The van der Waals surface area contributed by atoms with Crippen LogP contribution >= 0.6 is 0 Å². The van der Waals surface area contributed by atoms with E-state index in [2.05, 4.69) is 4.98 Å². The summed E-state index contributed by atoms with van der Waals surface area (Å²) in [4.78, 5) is 17.9. The molecule has 0 fully saturated rings. The van der Waals surface area contributed by atoms with Crippen molar-refractivity contribution < 1.29 is 14.3 Å². The van der Waals surface area contributed by atoms with Crippen LogP contribution < -0.4 is 9.47 Å². The average Bonchev–Trinajstić information content (AvgIpc) is 2.82. The summed E-state index contributed by atoms with van der Waals surface area (Å²) in [5, 5.41) is 0.908. The first-order valence-corrected chi connectivity index (χ1v) is 9.60. The molecular formula is C26H21NO3. The number of hydrogen-bond acceptors (Lipinski definition) is 4. The maximum atomic E-state index is 13.3. The lowest BCUT2D eigenvalue weighted by molar-refractivity contribution is 0.104. The Morgan fingerprint density at radius 3 is 2.23 bits per heavy atom. The number of allylic oxidation sites excluding steroid dienone is 1. The lowest BCUT2D eigenvalue weighted by Gasteiger charge is -2.15. The first-order valence-electron chi connectivity index (χ1n) is 9.60. The average molecular weight is 395 g/mol. The van der Waals surface area contributed by atoms with Crippen molar-refractivity contribution in [3.63, 3.8) is 0 Å². The SMILES string of the molecule is COc1ccc(/C=C/C(=O)c2c(OC)nc3ccccc3c2-c2ccccc2)cc1. The van der Waals surface area contributed by atoms with Gasteiger partial charge in [-0.05, 0) is 35.4 Å². The molecule has 4 aromatic rings. The Morgan fingerprint density at radius 2 is 1.53 bits per heavy atom. The maximum absolute atomic E-state index is 13.3. The molecule has 0 saturated carbocycles. The fourth-order valence-electron chi connectivity index (χ4n) is 3.44. The second kappa shape index (κ2) is 8.62. The Balaban J connectivity index is 1.86. The number of rotatable bonds is 6. The molecule has 0 amide bonds. The Bertz CT molecular complexity index is 1210. The predicted molar refractivity (Wildman–Crippen MR) is 120 cm³/mol. The van der Waals surface area contributed by atoms with Crippen LogP contribution in [0.3, 0.4) is 0 Å². The van der Waals surface area contributed by atoms with Gasteiger partial charge in [-0.2, -0.15) is 0 Å². The molecule has 3 aromatic carbocycles. The topological polar surface area (TPSA) is 48.4 Å². The summed E-state index contributed by atoms with van der Waals surface area (Å²) < 4.78 is 10.7. The molecule has 1 aromatic heterocycles. The van der Waals surface area contributed by atoms with Crippen molar-refractivity contribution in [3.8, 4) is 22.8 Å². The van der Waals surface area contributed by atoms with Crippen LogP contribution in [-0.4, -0.2) is 25.0 Å². The van der Waals surface area contributed by atoms with Gasteiger partial charge in [-0.25, -0.2) is 4.98 Å². The van der Waals surface area contributed by atoms with Crippen molar-refractivity contribution in [2.45, 2.75) is 0 Å². The van der Waals surface area contributed by atoms with Gasteiger partial charge >= 0.3 is 0 Å². The van der Waals surface area contributed by atoms with E-state index in [9.17, 15) is 4.79 Å². The molecule has 0 unspecified atom stereocenters. The highest BCUT2D eigenvalue weighted by Crippen LogP contribution is 2.36. The number of ketones is 1. The van der Waals surface area contributed by atoms with Crippen LogP contribution in [0.5, 0.6) is 11.6 Å². The molecule has 4 rings (SSSR count). The number of carbonyl (C=O) groups is 1. The number of para-hydroxylation sites is 1. The van der Waals surface area contributed by atoms with Gasteiger partial charge in [-0.1, -0.05) is 66.7 Å². The highest BCUT2D eigenvalue weighted by molar-refractivity contribution is 6.16. The number of aromatic nitrogens is 1. The zero-order chi connectivity index (χ0) is 20.9. The molecule has 0 atom stereocenters. The van der Waals surface area contributed by atoms with Gasteiger partial charge < -0.3 is 9.47 Å². The van der Waals surface area contributed by atoms with Crippen molar-refractivity contribution in [3.05, 3.63) is 96.1 Å². The maximum Gasteiger partial charge on any atom is 0.225 e. The van der Waals surface area contributed by atoms with Gasteiger partial charge in [0.05, 0.1) is 25.3 Å². The van der Waals surface area contributed by atoms with E-state index >= 15 is 0 Å². The second-order valence-electron chi connectivity index (χ2n) is 6.72. The highest BCUT2D eigenvalue weighted by Gasteiger charge is 2.21. The largest absolute Gasteiger partial charge is 0.497 e. The van der Waals surface area contributed by atoms with E-state index in [1.54, 1.807) is 19.3 Å². The third kappa shape index (κ3) is 3.80. The predicted octanol–water partition coefficient (Wildman–Crippen LogP) is 5.82. The standard InChI is InChI=1S/C26H21NO3/c1-29-20-15-12-18(13-16-20)14-17-23(28)25-24(19-8-4-3-5-9-19)21-10-6-7-11-22(21)27-26(25)30-2/h3-17H,1-2H3/b17-14+. The van der Waals surface area contributed by atoms with Crippen molar-refractivity contribution in [2.75, 3.05) is 14.2 Å². The third-order valence-electron chi connectivity index (χ3n) is 4.90. The van der Waals surface area contributed by atoms with Crippen LogP contribution in [0.15, 0.2) is 84.9 Å². The fourth-order valence-corrected chi connectivity index (χ4v) is 3.44. The van der Waals surface area contributed by atoms with E-state index in [1.165, 1.54) is 7.11 Å². The molecule has 148 valence electrons. The molecule has 4 nitrogen and oxygen atoms in total. The minimum Gasteiger partial charge on any atom is -0.497 e. The number of nitrogens with zero attached hydrogens (tertiary/aromatic N) is 1. The van der Waals surface area contributed by atoms with Gasteiger partial charge in [0.15, 0.2) is 5.78 Å². The molecule has 1 heterocycles. The molecule has 0 bridgehead atoms. The first kappa shape index (κ1) is 19.4. The first-order chi connectivity index (χ1) is 14.7. The van der Waals surface area contributed by atoms with E-state index in [0.717, 1.165) is 33.3 Å². The van der Waals surface area contributed by atoms with Gasteiger partial charge in [0, 0.05) is 10.9 Å². The molecular weight excluding hydrogens is 374 g/mol. The Kier molecular flexibility index (Phi) is 5.57. The van der Waals surface area contributed by atoms with Crippen LogP contribution in [0.1, 0.15) is 15.9 Å². The zero-order valence-corrected chi connectivity index (χ0v) is 16.8. The van der Waals surface area contributed by atoms with Crippen molar-refractivity contribution >= 4 is 22.8 Å². The van der Waals surface area contributed by atoms with Crippen molar-refractivity contribution in [1.82, 2.24) is 4.98 Å². The van der Waals surface area contributed by atoms with Crippen LogP contribution in [0.25, 0.3) is 28.1 Å². The number of ether oxygens (including phenoxy) is 2. The van der Waals surface area contributed by atoms with E-state index in [-0.39, 0.29) is 5.78 Å². The number of pyridine rings is 1. The Labute approximate surface area is 175 Å². The van der Waals surface area contributed by atoms with E-state index in [0.29, 0.717) is 11.4 Å². The zero-order valence-electron chi connectivity index (χ0n) is 16.8. The monoisotopic (exact) mass is 395 g/mol. The second-order valence-corrected chi connectivity index (χ2v) is 6.72. The molecule has 0 N–H and O–H groups in total. The molecule has 0 aliphatic rings. The quantitative estimate of drug-likeness (QED) is 0.305. The molecule has 0 spiro atoms. The smallest absolute Gasteiger partial charge is 0.225 e. The molecule has 0 aliphatic carbocycles. The molecule has 4 heteroatoms. The van der Waals surface area contributed by atoms with Gasteiger partial charge in [0.2, 0.25) is 5.88 Å². The summed E-state index contributed by atoms with van der Waals surface area (Å²) in [6.45, 7) is 0. The summed E-state index contributed by atoms with van der Waals surface area (Å²) in [5.41, 5.74) is 3.90. The van der Waals surface area contributed by atoms with Crippen LogP contribution in [-0.2, 0) is 0 Å². The van der Waals surface area contributed by atoms with E-state index in [4.69, 9.17) is 9.47 Å². The third-order valence-corrected chi connectivity index (χ3v) is 4.90. The Hall–Kier alpha value is -3.92. The lowest BCUT2D eigenvalue weighted by Crippen LogP contribution is -2.05. The minimum absolute atomic E-state index is 0.167. The number of fused-ring (bicyclic) bond motifs is 1. The minimum atomic E-state index is -0.167. The van der Waals surface area contributed by atoms with Crippen LogP contribution in [0, 0.1) is 0 Å². The van der Waals surface area contributed by atoms with Crippen molar-refractivity contribution in [2.24, 2.45) is 0 Å². The molecule has 0 aliphatic heterocycles. The van der Waals surface area contributed by atoms with Gasteiger partial charge in [-0.15, -0.1) is 0 Å². The van der Waals surface area contributed by atoms with Gasteiger partial charge in [0.1, 0.15) is 5.75 Å². The van der Waals surface area contributed by atoms with Gasteiger partial charge in [-0.3, -0.25) is 4.79 Å². The van der Waals surface area contributed by atoms with Crippen LogP contribution in [0.2, 0.25) is 0 Å². The molecule has 0 radical (unpaired) electrons. The van der Waals surface area contributed by atoms with Crippen molar-refractivity contribution in [1.29, 1.82) is 0 Å². The normalized spacial score (nSPS) is 11.0. The summed E-state index contributed by atoms with van der Waals surface area (Å²) in [6.07, 6.45) is 3.34. The molecule has 0 saturated heterocycles. The number of benzene rings is 3. The fraction of sp³-hybridized carbons (Fsp3) is 0.0769. The number of methoxy groups -OCH3 is 2.